The van der Waals surface area contributed by atoms with Crippen molar-refractivity contribution < 1.29 is 4.42 Å². The Hall–Kier alpha value is -2.22. The Bertz CT molecular complexity index is 774. The first kappa shape index (κ1) is 13.8. The number of nitrogen functional groups attached to an aromatic ring is 1. The SMILES string of the molecule is BCc1ccc(-c2nnc(-c3nc(Br)cnc3N)o2)cc1. The van der Waals surface area contributed by atoms with Crippen LogP contribution >= 0.6 is 15.9 Å². The molecule has 0 bridgehead atoms. The van der Waals surface area contributed by atoms with Gasteiger partial charge in [-0.05, 0) is 28.1 Å². The van der Waals surface area contributed by atoms with Gasteiger partial charge in [0, 0.05) is 5.56 Å². The fraction of sp³-hybridized carbons (Fsp3) is 0.0769. The number of hydrogen-bond acceptors (Lipinski definition) is 6. The van der Waals surface area contributed by atoms with E-state index in [1.807, 2.05) is 24.3 Å². The second-order valence-electron chi connectivity index (χ2n) is 4.39. The Kier molecular flexibility index (Phi) is 3.70. The maximum absolute atomic E-state index is 5.79. The molecule has 6 nitrogen and oxygen atoms in total. The molecule has 2 aromatic heterocycles. The number of anilines is 1. The molecular formula is C13H11BBrN5O. The summed E-state index contributed by atoms with van der Waals surface area (Å²) in [6, 6.07) is 7.97. The van der Waals surface area contributed by atoms with Gasteiger partial charge < -0.3 is 10.2 Å². The van der Waals surface area contributed by atoms with Crippen molar-refractivity contribution in [2.24, 2.45) is 0 Å². The second-order valence-corrected chi connectivity index (χ2v) is 5.20. The molecule has 0 radical (unpaired) electrons. The third kappa shape index (κ3) is 2.80. The summed E-state index contributed by atoms with van der Waals surface area (Å²) >= 11 is 3.24. The molecule has 3 rings (SSSR count). The van der Waals surface area contributed by atoms with E-state index in [9.17, 15) is 0 Å². The number of hydrogen-bond donors (Lipinski definition) is 1. The van der Waals surface area contributed by atoms with Crippen LogP contribution in [0.5, 0.6) is 0 Å². The first-order valence-electron chi connectivity index (χ1n) is 6.38. The maximum Gasteiger partial charge on any atom is 0.270 e. The number of rotatable bonds is 3. The van der Waals surface area contributed by atoms with Crippen LogP contribution in [0.25, 0.3) is 23.0 Å². The van der Waals surface area contributed by atoms with E-state index in [1.54, 1.807) is 0 Å². The van der Waals surface area contributed by atoms with Crippen molar-refractivity contribution in [3.63, 3.8) is 0 Å². The van der Waals surface area contributed by atoms with Crippen molar-refractivity contribution in [3.8, 4) is 23.0 Å². The van der Waals surface area contributed by atoms with Gasteiger partial charge in [-0.3, -0.25) is 0 Å². The summed E-state index contributed by atoms with van der Waals surface area (Å²) < 4.78 is 6.19. The fourth-order valence-corrected chi connectivity index (χ4v) is 2.13. The van der Waals surface area contributed by atoms with Crippen LogP contribution in [0.15, 0.2) is 39.5 Å². The van der Waals surface area contributed by atoms with E-state index in [2.05, 4.69) is 43.9 Å². The predicted molar refractivity (Wildman–Crippen MR) is 85.1 cm³/mol. The van der Waals surface area contributed by atoms with Crippen LogP contribution in [0.2, 0.25) is 0 Å². The van der Waals surface area contributed by atoms with Gasteiger partial charge in [0.25, 0.3) is 5.89 Å². The normalized spacial score (nSPS) is 10.7. The minimum Gasteiger partial charge on any atom is -0.414 e. The summed E-state index contributed by atoms with van der Waals surface area (Å²) in [7, 11) is 2.11. The van der Waals surface area contributed by atoms with E-state index in [0.29, 0.717) is 16.2 Å². The summed E-state index contributed by atoms with van der Waals surface area (Å²) in [5.74, 6) is 0.916. The highest BCUT2D eigenvalue weighted by Gasteiger charge is 2.15. The van der Waals surface area contributed by atoms with Crippen LogP contribution in [0, 0.1) is 0 Å². The lowest BCUT2D eigenvalue weighted by Gasteiger charge is -1.99. The molecule has 1 aromatic carbocycles. The monoisotopic (exact) mass is 343 g/mol. The molecule has 0 unspecified atom stereocenters. The Labute approximate surface area is 130 Å². The molecule has 21 heavy (non-hydrogen) atoms. The zero-order valence-electron chi connectivity index (χ0n) is 11.2. The maximum atomic E-state index is 5.79. The molecule has 0 saturated heterocycles. The Morgan fingerprint density at radius 1 is 1.14 bits per heavy atom. The fourth-order valence-electron chi connectivity index (χ4n) is 1.85. The minimum absolute atomic E-state index is 0.245. The van der Waals surface area contributed by atoms with Crippen molar-refractivity contribution in [1.29, 1.82) is 0 Å². The number of nitrogens with zero attached hydrogens (tertiary/aromatic N) is 4. The quantitative estimate of drug-likeness (QED) is 0.727. The van der Waals surface area contributed by atoms with Crippen molar-refractivity contribution in [3.05, 3.63) is 40.6 Å². The van der Waals surface area contributed by atoms with Gasteiger partial charge in [0.1, 0.15) is 12.4 Å². The van der Waals surface area contributed by atoms with Gasteiger partial charge in [-0.1, -0.05) is 24.0 Å². The van der Waals surface area contributed by atoms with Crippen molar-refractivity contribution >= 4 is 29.6 Å². The van der Waals surface area contributed by atoms with Crippen LogP contribution in [-0.2, 0) is 6.32 Å². The molecular weight excluding hydrogens is 333 g/mol. The molecule has 3 aromatic rings. The van der Waals surface area contributed by atoms with Gasteiger partial charge in [0.2, 0.25) is 5.89 Å². The molecule has 0 aliphatic carbocycles. The third-order valence-electron chi connectivity index (χ3n) is 3.01. The largest absolute Gasteiger partial charge is 0.414 e. The molecule has 0 atom stereocenters. The number of halogens is 1. The van der Waals surface area contributed by atoms with Gasteiger partial charge >= 0.3 is 0 Å². The zero-order chi connectivity index (χ0) is 14.8. The molecule has 8 heteroatoms. The van der Waals surface area contributed by atoms with Crippen LogP contribution in [0.3, 0.4) is 0 Å². The molecule has 104 valence electrons. The van der Waals surface area contributed by atoms with E-state index in [4.69, 9.17) is 10.2 Å². The minimum atomic E-state index is 0.245. The first-order valence-corrected chi connectivity index (χ1v) is 7.18. The van der Waals surface area contributed by atoms with Gasteiger partial charge in [0.05, 0.1) is 6.20 Å². The highest BCUT2D eigenvalue weighted by atomic mass is 79.9. The highest BCUT2D eigenvalue weighted by molar-refractivity contribution is 9.10. The van der Waals surface area contributed by atoms with E-state index in [-0.39, 0.29) is 11.7 Å². The lowest BCUT2D eigenvalue weighted by molar-refractivity contribution is 0.582. The Balaban J connectivity index is 1.97. The molecule has 0 aliphatic heterocycles. The van der Waals surface area contributed by atoms with E-state index in [1.165, 1.54) is 11.8 Å². The molecule has 2 N–H and O–H groups in total. The summed E-state index contributed by atoms with van der Waals surface area (Å²) in [6.45, 7) is 0. The average molecular weight is 344 g/mol. The van der Waals surface area contributed by atoms with Crippen molar-refractivity contribution in [2.45, 2.75) is 6.32 Å². The summed E-state index contributed by atoms with van der Waals surface area (Å²) in [5, 5.41) is 8.02. The average Bonchev–Trinajstić information content (AvgIpc) is 2.99. The van der Waals surface area contributed by atoms with Crippen LogP contribution < -0.4 is 5.73 Å². The van der Waals surface area contributed by atoms with Crippen LogP contribution in [-0.4, -0.2) is 28.0 Å². The molecule has 0 amide bonds. The molecule has 0 aliphatic rings. The lowest BCUT2D eigenvalue weighted by Crippen LogP contribution is -1.97. The Morgan fingerprint density at radius 2 is 1.86 bits per heavy atom. The van der Waals surface area contributed by atoms with Crippen molar-refractivity contribution in [2.75, 3.05) is 5.73 Å². The van der Waals surface area contributed by atoms with E-state index < -0.39 is 0 Å². The molecule has 2 heterocycles. The zero-order valence-corrected chi connectivity index (χ0v) is 12.8. The highest BCUT2D eigenvalue weighted by Crippen LogP contribution is 2.26. The van der Waals surface area contributed by atoms with Crippen LogP contribution in [0.1, 0.15) is 5.56 Å². The Morgan fingerprint density at radius 3 is 2.57 bits per heavy atom. The first-order chi connectivity index (χ1) is 10.2. The summed E-state index contributed by atoms with van der Waals surface area (Å²) in [5.41, 5.74) is 8.26. The molecule has 0 spiro atoms. The van der Waals surface area contributed by atoms with Gasteiger partial charge in [-0.2, -0.15) is 0 Å². The standard InChI is InChI=1S/C13H11BBrN5O/c14-5-7-1-3-8(4-2-7)12-19-20-13(21-12)10-11(16)17-6-9(15)18-10/h1-4,6H,5,14H2,(H2,16,17). The number of nitrogens with two attached hydrogens (primary N) is 1. The number of benzene rings is 1. The predicted octanol–water partition coefficient (Wildman–Crippen LogP) is 1.67. The number of aromatic nitrogens is 4. The molecule has 0 fully saturated rings. The lowest BCUT2D eigenvalue weighted by atomic mass is 9.96. The summed E-state index contributed by atoms with van der Waals surface area (Å²) in [4.78, 5) is 8.21. The smallest absolute Gasteiger partial charge is 0.270 e. The molecule has 0 saturated carbocycles. The topological polar surface area (TPSA) is 90.7 Å². The second kappa shape index (κ2) is 5.65. The van der Waals surface area contributed by atoms with Gasteiger partial charge in [-0.15, -0.1) is 10.2 Å². The third-order valence-corrected chi connectivity index (χ3v) is 3.39. The van der Waals surface area contributed by atoms with Gasteiger partial charge in [0.15, 0.2) is 11.5 Å². The van der Waals surface area contributed by atoms with Crippen molar-refractivity contribution in [1.82, 2.24) is 20.2 Å². The van der Waals surface area contributed by atoms with Gasteiger partial charge in [-0.25, -0.2) is 9.97 Å². The van der Waals surface area contributed by atoms with E-state index >= 15 is 0 Å². The summed E-state index contributed by atoms with van der Waals surface area (Å²) in [6.07, 6.45) is 2.50. The van der Waals surface area contributed by atoms with E-state index in [0.717, 1.165) is 11.9 Å². The van der Waals surface area contributed by atoms with Crippen LogP contribution in [0.4, 0.5) is 5.82 Å².